The lowest BCUT2D eigenvalue weighted by Crippen LogP contribution is -2.53. The number of hydrogen-bond acceptors (Lipinski definition) is 2. The van der Waals surface area contributed by atoms with Crippen molar-refractivity contribution in [2.24, 2.45) is 0 Å². The molecule has 0 amide bonds. The molecule has 1 atom stereocenters. The topological polar surface area (TPSA) is 21.3 Å². The monoisotopic (exact) mass is 253 g/mol. The SMILES string of the molecule is CCCNC(C1=CCCCC1)C(CC)(CC)OC. The van der Waals surface area contributed by atoms with Gasteiger partial charge in [0.15, 0.2) is 0 Å². The average molecular weight is 253 g/mol. The van der Waals surface area contributed by atoms with E-state index in [1.807, 2.05) is 7.11 Å². The Kier molecular flexibility index (Phi) is 6.95. The highest BCUT2D eigenvalue weighted by Gasteiger charge is 2.37. The molecule has 2 nitrogen and oxygen atoms in total. The van der Waals surface area contributed by atoms with E-state index < -0.39 is 0 Å². The third kappa shape index (κ3) is 3.58. The molecule has 1 N–H and O–H groups in total. The normalized spacial score (nSPS) is 18.6. The number of methoxy groups -OCH3 is 1. The zero-order valence-electron chi connectivity index (χ0n) is 12.7. The molecule has 0 aromatic heterocycles. The fourth-order valence-corrected chi connectivity index (χ4v) is 3.13. The second-order valence-electron chi connectivity index (χ2n) is 5.39. The average Bonchev–Trinajstić information content (AvgIpc) is 2.45. The van der Waals surface area contributed by atoms with Crippen LogP contribution in [0.2, 0.25) is 0 Å². The summed E-state index contributed by atoms with van der Waals surface area (Å²) in [6.45, 7) is 7.80. The van der Waals surface area contributed by atoms with Crippen molar-refractivity contribution in [2.75, 3.05) is 13.7 Å². The van der Waals surface area contributed by atoms with Gasteiger partial charge in [-0.3, -0.25) is 0 Å². The Morgan fingerprint density at radius 1 is 1.28 bits per heavy atom. The first-order valence-corrected chi connectivity index (χ1v) is 7.71. The molecule has 0 aromatic rings. The maximum Gasteiger partial charge on any atom is 0.0864 e. The van der Waals surface area contributed by atoms with Crippen molar-refractivity contribution in [1.29, 1.82) is 0 Å². The van der Waals surface area contributed by atoms with Gasteiger partial charge < -0.3 is 10.1 Å². The van der Waals surface area contributed by atoms with Gasteiger partial charge in [0.05, 0.1) is 11.6 Å². The first-order chi connectivity index (χ1) is 8.74. The van der Waals surface area contributed by atoms with Crippen molar-refractivity contribution in [3.05, 3.63) is 11.6 Å². The molecule has 18 heavy (non-hydrogen) atoms. The van der Waals surface area contributed by atoms with E-state index in [1.54, 1.807) is 5.57 Å². The second kappa shape index (κ2) is 7.96. The van der Waals surface area contributed by atoms with Crippen LogP contribution in [0.15, 0.2) is 11.6 Å². The summed E-state index contributed by atoms with van der Waals surface area (Å²) in [5.74, 6) is 0. The molecule has 0 aromatic carbocycles. The van der Waals surface area contributed by atoms with Gasteiger partial charge in [-0.2, -0.15) is 0 Å². The summed E-state index contributed by atoms with van der Waals surface area (Å²) in [5.41, 5.74) is 1.55. The van der Waals surface area contributed by atoms with Crippen LogP contribution in [0.3, 0.4) is 0 Å². The van der Waals surface area contributed by atoms with E-state index in [2.05, 4.69) is 32.2 Å². The van der Waals surface area contributed by atoms with Crippen LogP contribution in [0.5, 0.6) is 0 Å². The fraction of sp³-hybridized carbons (Fsp3) is 0.875. The highest BCUT2D eigenvalue weighted by molar-refractivity contribution is 5.19. The molecule has 106 valence electrons. The van der Waals surface area contributed by atoms with Crippen LogP contribution in [0.25, 0.3) is 0 Å². The molecule has 0 aliphatic heterocycles. The molecule has 0 saturated carbocycles. The van der Waals surface area contributed by atoms with Gasteiger partial charge in [-0.25, -0.2) is 0 Å². The van der Waals surface area contributed by atoms with Gasteiger partial charge in [-0.1, -0.05) is 32.4 Å². The van der Waals surface area contributed by atoms with E-state index >= 15 is 0 Å². The fourth-order valence-electron chi connectivity index (χ4n) is 3.13. The number of allylic oxidation sites excluding steroid dienone is 1. The molecule has 0 bridgehead atoms. The van der Waals surface area contributed by atoms with Crippen LogP contribution in [0.1, 0.15) is 65.7 Å². The molecule has 0 fully saturated rings. The zero-order valence-corrected chi connectivity index (χ0v) is 12.7. The Morgan fingerprint density at radius 2 is 2.00 bits per heavy atom. The molecule has 0 heterocycles. The maximum absolute atomic E-state index is 5.95. The lowest BCUT2D eigenvalue weighted by atomic mass is 9.80. The van der Waals surface area contributed by atoms with E-state index in [4.69, 9.17) is 4.74 Å². The minimum atomic E-state index is -0.0294. The standard InChI is InChI=1S/C16H31NO/c1-5-13-17-15(14-11-9-8-10-12-14)16(6-2,7-3)18-4/h11,15,17H,5-10,12-13H2,1-4H3. The summed E-state index contributed by atoms with van der Waals surface area (Å²) >= 11 is 0. The van der Waals surface area contributed by atoms with E-state index in [0.717, 1.165) is 19.4 Å². The quantitative estimate of drug-likeness (QED) is 0.659. The predicted molar refractivity (Wildman–Crippen MR) is 79.0 cm³/mol. The van der Waals surface area contributed by atoms with E-state index in [0.29, 0.717) is 6.04 Å². The van der Waals surface area contributed by atoms with Crippen molar-refractivity contribution >= 4 is 0 Å². The Balaban J connectivity index is 2.90. The van der Waals surface area contributed by atoms with E-state index in [1.165, 1.54) is 32.1 Å². The zero-order chi connectivity index (χ0) is 13.4. The Bertz CT molecular complexity index is 248. The predicted octanol–water partition coefficient (Wildman–Crippen LogP) is 4.06. The number of ether oxygens (including phenoxy) is 1. The summed E-state index contributed by atoms with van der Waals surface area (Å²) in [6.07, 6.45) is 10.9. The summed E-state index contributed by atoms with van der Waals surface area (Å²) in [7, 11) is 1.87. The van der Waals surface area contributed by atoms with Crippen molar-refractivity contribution < 1.29 is 4.74 Å². The maximum atomic E-state index is 5.95. The summed E-state index contributed by atoms with van der Waals surface area (Å²) in [5, 5.41) is 3.74. The van der Waals surface area contributed by atoms with Crippen LogP contribution in [0, 0.1) is 0 Å². The first-order valence-electron chi connectivity index (χ1n) is 7.71. The highest BCUT2D eigenvalue weighted by Crippen LogP contribution is 2.32. The molecule has 1 unspecified atom stereocenters. The third-order valence-electron chi connectivity index (χ3n) is 4.42. The van der Waals surface area contributed by atoms with Crippen molar-refractivity contribution in [3.8, 4) is 0 Å². The van der Waals surface area contributed by atoms with Gasteiger partial charge in [0.1, 0.15) is 0 Å². The molecule has 2 heteroatoms. The van der Waals surface area contributed by atoms with Crippen LogP contribution in [-0.2, 0) is 4.74 Å². The van der Waals surface area contributed by atoms with Crippen LogP contribution in [0.4, 0.5) is 0 Å². The van der Waals surface area contributed by atoms with Gasteiger partial charge in [-0.05, 0) is 51.5 Å². The van der Waals surface area contributed by atoms with Gasteiger partial charge in [0.2, 0.25) is 0 Å². The second-order valence-corrected chi connectivity index (χ2v) is 5.39. The minimum Gasteiger partial charge on any atom is -0.376 e. The molecular weight excluding hydrogens is 222 g/mol. The highest BCUT2D eigenvalue weighted by atomic mass is 16.5. The lowest BCUT2D eigenvalue weighted by Gasteiger charge is -2.41. The van der Waals surface area contributed by atoms with Gasteiger partial charge in [0.25, 0.3) is 0 Å². The Hall–Kier alpha value is -0.340. The van der Waals surface area contributed by atoms with Gasteiger partial charge >= 0.3 is 0 Å². The number of nitrogens with one attached hydrogen (secondary N) is 1. The molecule has 1 rings (SSSR count). The molecule has 1 aliphatic carbocycles. The summed E-state index contributed by atoms with van der Waals surface area (Å²) in [6, 6.07) is 0.401. The van der Waals surface area contributed by atoms with Gasteiger partial charge in [-0.15, -0.1) is 0 Å². The molecule has 0 spiro atoms. The van der Waals surface area contributed by atoms with E-state index in [-0.39, 0.29) is 5.60 Å². The summed E-state index contributed by atoms with van der Waals surface area (Å²) < 4.78 is 5.95. The first kappa shape index (κ1) is 15.7. The van der Waals surface area contributed by atoms with Gasteiger partial charge in [0, 0.05) is 7.11 Å². The molecule has 0 radical (unpaired) electrons. The molecule has 0 saturated heterocycles. The smallest absolute Gasteiger partial charge is 0.0864 e. The molecule has 1 aliphatic rings. The number of hydrogen-bond donors (Lipinski definition) is 1. The van der Waals surface area contributed by atoms with Crippen LogP contribution < -0.4 is 5.32 Å². The lowest BCUT2D eigenvalue weighted by molar-refractivity contribution is -0.0388. The van der Waals surface area contributed by atoms with Crippen molar-refractivity contribution in [3.63, 3.8) is 0 Å². The minimum absolute atomic E-state index is 0.0294. The van der Waals surface area contributed by atoms with E-state index in [9.17, 15) is 0 Å². The summed E-state index contributed by atoms with van der Waals surface area (Å²) in [4.78, 5) is 0. The Morgan fingerprint density at radius 3 is 2.44 bits per heavy atom. The van der Waals surface area contributed by atoms with Crippen molar-refractivity contribution in [2.45, 2.75) is 77.4 Å². The van der Waals surface area contributed by atoms with Crippen molar-refractivity contribution in [1.82, 2.24) is 5.32 Å². The third-order valence-corrected chi connectivity index (χ3v) is 4.42. The van der Waals surface area contributed by atoms with Crippen LogP contribution >= 0.6 is 0 Å². The Labute approximate surface area is 113 Å². The number of rotatable bonds is 8. The molecular formula is C16H31NO. The van der Waals surface area contributed by atoms with Crippen LogP contribution in [-0.4, -0.2) is 25.3 Å². The largest absolute Gasteiger partial charge is 0.376 e.